The molecule has 0 fully saturated rings. The first kappa shape index (κ1) is 16.4. The van der Waals surface area contributed by atoms with Crippen LogP contribution in [0.15, 0.2) is 65.4 Å². The van der Waals surface area contributed by atoms with Crippen molar-refractivity contribution in [2.75, 3.05) is 17.2 Å². The van der Waals surface area contributed by atoms with Crippen LogP contribution in [-0.4, -0.2) is 16.5 Å². The lowest BCUT2D eigenvalue weighted by molar-refractivity contribution is 0.627. The molecule has 0 aliphatic rings. The minimum Gasteiger partial charge on any atom is -0.370 e. The van der Waals surface area contributed by atoms with E-state index < -0.39 is 0 Å². The van der Waals surface area contributed by atoms with Gasteiger partial charge in [-0.05, 0) is 42.3 Å². The summed E-state index contributed by atoms with van der Waals surface area (Å²) in [6.07, 6.45) is 2.30. The van der Waals surface area contributed by atoms with Crippen LogP contribution in [-0.2, 0) is 6.42 Å². The summed E-state index contributed by atoms with van der Waals surface area (Å²) in [6, 6.07) is 16.2. The van der Waals surface area contributed by atoms with Crippen molar-refractivity contribution in [3.8, 4) is 0 Å². The lowest BCUT2D eigenvalue weighted by Gasteiger charge is -2.09. The Morgan fingerprint density at radius 3 is 2.54 bits per heavy atom. The summed E-state index contributed by atoms with van der Waals surface area (Å²) < 4.78 is 13.9. The van der Waals surface area contributed by atoms with Gasteiger partial charge in [-0.25, -0.2) is 14.4 Å². The van der Waals surface area contributed by atoms with Crippen LogP contribution < -0.4 is 10.6 Å². The first-order valence-electron chi connectivity index (χ1n) is 7.52. The van der Waals surface area contributed by atoms with E-state index in [-0.39, 0.29) is 5.82 Å². The maximum absolute atomic E-state index is 12.9. The van der Waals surface area contributed by atoms with Crippen LogP contribution in [0.25, 0.3) is 0 Å². The van der Waals surface area contributed by atoms with E-state index in [1.54, 1.807) is 12.1 Å². The SMILES string of the molecule is Fc1ccc(CCNc2cc(Nc3cccc(Br)c3)ncn2)cc1. The maximum Gasteiger partial charge on any atom is 0.135 e. The quantitative estimate of drug-likeness (QED) is 0.640. The van der Waals surface area contributed by atoms with Gasteiger partial charge in [0.05, 0.1) is 0 Å². The predicted octanol–water partition coefficient (Wildman–Crippen LogP) is 4.78. The molecule has 2 N–H and O–H groups in total. The number of aromatic nitrogens is 2. The fourth-order valence-corrected chi connectivity index (χ4v) is 2.62. The van der Waals surface area contributed by atoms with E-state index in [2.05, 4.69) is 36.5 Å². The Balaban J connectivity index is 1.57. The van der Waals surface area contributed by atoms with Crippen LogP contribution >= 0.6 is 15.9 Å². The number of hydrogen-bond donors (Lipinski definition) is 2. The normalized spacial score (nSPS) is 10.4. The molecule has 1 aromatic heterocycles. The zero-order valence-corrected chi connectivity index (χ0v) is 14.4. The van der Waals surface area contributed by atoms with Crippen molar-refractivity contribution < 1.29 is 4.39 Å². The van der Waals surface area contributed by atoms with E-state index in [9.17, 15) is 4.39 Å². The molecule has 122 valence electrons. The van der Waals surface area contributed by atoms with Gasteiger partial charge in [0, 0.05) is 22.8 Å². The molecule has 2 aromatic carbocycles. The van der Waals surface area contributed by atoms with E-state index in [0.717, 1.165) is 28.0 Å². The van der Waals surface area contributed by atoms with Gasteiger partial charge in [-0.3, -0.25) is 0 Å². The van der Waals surface area contributed by atoms with Crippen LogP contribution in [0.1, 0.15) is 5.56 Å². The van der Waals surface area contributed by atoms with Crippen molar-refractivity contribution in [2.45, 2.75) is 6.42 Å². The Hall–Kier alpha value is -2.47. The van der Waals surface area contributed by atoms with Crippen LogP contribution in [0, 0.1) is 5.82 Å². The van der Waals surface area contributed by atoms with Gasteiger partial charge in [0.1, 0.15) is 23.8 Å². The van der Waals surface area contributed by atoms with Crippen LogP contribution in [0.3, 0.4) is 0 Å². The second kappa shape index (κ2) is 7.88. The maximum atomic E-state index is 12.9. The largest absolute Gasteiger partial charge is 0.370 e. The molecule has 0 radical (unpaired) electrons. The molecule has 0 atom stereocenters. The second-order valence-corrected chi connectivity index (χ2v) is 6.14. The van der Waals surface area contributed by atoms with E-state index >= 15 is 0 Å². The minimum atomic E-state index is -0.217. The summed E-state index contributed by atoms with van der Waals surface area (Å²) in [7, 11) is 0. The smallest absolute Gasteiger partial charge is 0.135 e. The summed E-state index contributed by atoms with van der Waals surface area (Å²) >= 11 is 3.44. The van der Waals surface area contributed by atoms with Gasteiger partial charge in [-0.1, -0.05) is 34.1 Å². The molecule has 0 amide bonds. The monoisotopic (exact) mass is 386 g/mol. The number of hydrogen-bond acceptors (Lipinski definition) is 4. The molecular formula is C18H16BrFN4. The van der Waals surface area contributed by atoms with Gasteiger partial charge in [0.25, 0.3) is 0 Å². The van der Waals surface area contributed by atoms with E-state index in [4.69, 9.17) is 0 Å². The zero-order valence-electron chi connectivity index (χ0n) is 12.8. The lowest BCUT2D eigenvalue weighted by atomic mass is 10.1. The van der Waals surface area contributed by atoms with Crippen molar-refractivity contribution >= 4 is 33.3 Å². The van der Waals surface area contributed by atoms with Crippen molar-refractivity contribution in [1.29, 1.82) is 0 Å². The molecule has 3 aromatic rings. The Morgan fingerprint density at radius 1 is 0.958 bits per heavy atom. The fourth-order valence-electron chi connectivity index (χ4n) is 2.22. The molecule has 0 aliphatic heterocycles. The number of halogens is 2. The van der Waals surface area contributed by atoms with E-state index in [1.165, 1.54) is 18.5 Å². The van der Waals surface area contributed by atoms with Gasteiger partial charge in [-0.2, -0.15) is 0 Å². The highest BCUT2D eigenvalue weighted by molar-refractivity contribution is 9.10. The highest BCUT2D eigenvalue weighted by atomic mass is 79.9. The van der Waals surface area contributed by atoms with Gasteiger partial charge in [0.2, 0.25) is 0 Å². The summed E-state index contributed by atoms with van der Waals surface area (Å²) in [5.41, 5.74) is 2.02. The number of rotatable bonds is 6. The van der Waals surface area contributed by atoms with Crippen molar-refractivity contribution in [2.24, 2.45) is 0 Å². The van der Waals surface area contributed by atoms with Gasteiger partial charge >= 0.3 is 0 Å². The fraction of sp³-hybridized carbons (Fsp3) is 0.111. The number of nitrogens with zero attached hydrogens (tertiary/aromatic N) is 2. The van der Waals surface area contributed by atoms with Crippen LogP contribution in [0.4, 0.5) is 21.7 Å². The molecule has 0 spiro atoms. The Bertz CT molecular complexity index is 808. The first-order chi connectivity index (χ1) is 11.7. The summed E-state index contributed by atoms with van der Waals surface area (Å²) in [6.45, 7) is 0.707. The van der Waals surface area contributed by atoms with Crippen molar-refractivity contribution in [1.82, 2.24) is 9.97 Å². The van der Waals surface area contributed by atoms with Crippen LogP contribution in [0.2, 0.25) is 0 Å². The lowest BCUT2D eigenvalue weighted by Crippen LogP contribution is -2.07. The molecule has 3 rings (SSSR count). The highest BCUT2D eigenvalue weighted by Gasteiger charge is 2.01. The summed E-state index contributed by atoms with van der Waals surface area (Å²) in [5.74, 6) is 1.24. The summed E-state index contributed by atoms with van der Waals surface area (Å²) in [5, 5.41) is 6.49. The minimum absolute atomic E-state index is 0.217. The number of nitrogens with one attached hydrogen (secondary N) is 2. The topological polar surface area (TPSA) is 49.8 Å². The molecule has 1 heterocycles. The predicted molar refractivity (Wildman–Crippen MR) is 98.1 cm³/mol. The first-order valence-corrected chi connectivity index (χ1v) is 8.31. The molecule has 0 bridgehead atoms. The Morgan fingerprint density at radius 2 is 1.75 bits per heavy atom. The Labute approximate surface area is 148 Å². The molecule has 4 nitrogen and oxygen atoms in total. The third-order valence-electron chi connectivity index (χ3n) is 3.40. The average Bonchev–Trinajstić information content (AvgIpc) is 2.57. The van der Waals surface area contributed by atoms with Crippen molar-refractivity contribution in [3.63, 3.8) is 0 Å². The molecular weight excluding hydrogens is 371 g/mol. The molecule has 6 heteroatoms. The van der Waals surface area contributed by atoms with Gasteiger partial charge < -0.3 is 10.6 Å². The van der Waals surface area contributed by atoms with Gasteiger partial charge in [0.15, 0.2) is 0 Å². The number of benzene rings is 2. The highest BCUT2D eigenvalue weighted by Crippen LogP contribution is 2.20. The molecule has 0 unspecified atom stereocenters. The third kappa shape index (κ3) is 4.76. The van der Waals surface area contributed by atoms with E-state index in [0.29, 0.717) is 12.4 Å². The summed E-state index contributed by atoms with van der Waals surface area (Å²) in [4.78, 5) is 8.43. The average molecular weight is 387 g/mol. The Kier molecular flexibility index (Phi) is 5.38. The molecule has 0 saturated heterocycles. The zero-order chi connectivity index (χ0) is 16.8. The molecule has 24 heavy (non-hydrogen) atoms. The molecule has 0 saturated carbocycles. The third-order valence-corrected chi connectivity index (χ3v) is 3.89. The standard InChI is InChI=1S/C18H16BrFN4/c19-14-2-1-3-16(10-14)24-18-11-17(22-12-23-18)21-9-8-13-4-6-15(20)7-5-13/h1-7,10-12H,8-9H2,(H2,21,22,23,24). The van der Waals surface area contributed by atoms with E-state index in [1.807, 2.05) is 30.3 Å². The van der Waals surface area contributed by atoms with Crippen molar-refractivity contribution in [3.05, 3.63) is 76.8 Å². The number of anilines is 3. The molecule has 0 aliphatic carbocycles. The van der Waals surface area contributed by atoms with Crippen LogP contribution in [0.5, 0.6) is 0 Å². The second-order valence-electron chi connectivity index (χ2n) is 5.23. The van der Waals surface area contributed by atoms with Gasteiger partial charge in [-0.15, -0.1) is 0 Å².